The van der Waals surface area contributed by atoms with Crippen molar-refractivity contribution in [3.63, 3.8) is 0 Å². The summed E-state index contributed by atoms with van der Waals surface area (Å²) in [6, 6.07) is 6.24. The second kappa shape index (κ2) is 4.98. The molecule has 1 N–H and O–H groups in total. The first-order valence-electron chi connectivity index (χ1n) is 6.00. The minimum absolute atomic E-state index is 0.340. The molecule has 0 aliphatic carbocycles. The van der Waals surface area contributed by atoms with Gasteiger partial charge in [-0.15, -0.1) is 0 Å². The van der Waals surface area contributed by atoms with Crippen LogP contribution < -0.4 is 0 Å². The molecule has 0 spiro atoms. The summed E-state index contributed by atoms with van der Waals surface area (Å²) in [4.78, 5) is 0. The Kier molecular flexibility index (Phi) is 3.62. The third-order valence-electron chi connectivity index (χ3n) is 3.36. The van der Waals surface area contributed by atoms with Crippen LogP contribution in [0.1, 0.15) is 35.6 Å². The molecular formula is C14H20O2. The van der Waals surface area contributed by atoms with E-state index in [0.29, 0.717) is 5.92 Å². The Morgan fingerprint density at radius 2 is 2.25 bits per heavy atom. The van der Waals surface area contributed by atoms with Gasteiger partial charge in [-0.2, -0.15) is 0 Å². The lowest BCUT2D eigenvalue weighted by Gasteiger charge is -2.17. The number of hydrogen-bond donors (Lipinski definition) is 1. The lowest BCUT2D eigenvalue weighted by molar-refractivity contribution is 0.129. The van der Waals surface area contributed by atoms with Crippen LogP contribution in [-0.4, -0.2) is 18.3 Å². The smallest absolute Gasteiger partial charge is 0.0796 e. The van der Waals surface area contributed by atoms with Crippen molar-refractivity contribution < 1.29 is 9.84 Å². The highest BCUT2D eigenvalue weighted by atomic mass is 16.5. The molecule has 2 nitrogen and oxygen atoms in total. The van der Waals surface area contributed by atoms with Crippen LogP contribution in [0.15, 0.2) is 18.2 Å². The first-order valence-corrected chi connectivity index (χ1v) is 6.00. The van der Waals surface area contributed by atoms with Crippen LogP contribution in [0.5, 0.6) is 0 Å². The van der Waals surface area contributed by atoms with Crippen molar-refractivity contribution in [1.82, 2.24) is 0 Å². The fourth-order valence-electron chi connectivity index (χ4n) is 2.41. The second-order valence-corrected chi connectivity index (χ2v) is 4.84. The zero-order chi connectivity index (χ0) is 11.5. The normalized spacial score (nSPS) is 22.3. The van der Waals surface area contributed by atoms with Gasteiger partial charge in [0.05, 0.1) is 6.10 Å². The number of aliphatic hydroxyl groups excluding tert-OH is 1. The van der Waals surface area contributed by atoms with Crippen molar-refractivity contribution in [3.05, 3.63) is 34.9 Å². The zero-order valence-electron chi connectivity index (χ0n) is 10.1. The van der Waals surface area contributed by atoms with Gasteiger partial charge in [-0.05, 0) is 43.7 Å². The quantitative estimate of drug-likeness (QED) is 0.848. The molecule has 0 amide bonds. The van der Waals surface area contributed by atoms with Gasteiger partial charge in [-0.25, -0.2) is 0 Å². The van der Waals surface area contributed by atoms with E-state index < -0.39 is 0 Å². The molecule has 16 heavy (non-hydrogen) atoms. The van der Waals surface area contributed by atoms with Gasteiger partial charge in [0.1, 0.15) is 0 Å². The summed E-state index contributed by atoms with van der Waals surface area (Å²) in [5.41, 5.74) is 3.50. The van der Waals surface area contributed by atoms with E-state index in [2.05, 4.69) is 26.0 Å². The summed E-state index contributed by atoms with van der Waals surface area (Å²) in [5.74, 6) is 0.524. The van der Waals surface area contributed by atoms with Crippen molar-refractivity contribution in [2.24, 2.45) is 5.92 Å². The molecule has 1 fully saturated rings. The summed E-state index contributed by atoms with van der Waals surface area (Å²) in [7, 11) is 0. The molecule has 88 valence electrons. The van der Waals surface area contributed by atoms with Crippen molar-refractivity contribution in [2.75, 3.05) is 13.2 Å². The van der Waals surface area contributed by atoms with Crippen molar-refractivity contribution >= 4 is 0 Å². The molecule has 2 unspecified atom stereocenters. The van der Waals surface area contributed by atoms with Crippen LogP contribution in [0.25, 0.3) is 0 Å². The van der Waals surface area contributed by atoms with Crippen molar-refractivity contribution in [1.29, 1.82) is 0 Å². The Balaban J connectivity index is 2.04. The fraction of sp³-hybridized carbons (Fsp3) is 0.571. The molecular weight excluding hydrogens is 200 g/mol. The maximum Gasteiger partial charge on any atom is 0.0796 e. The Morgan fingerprint density at radius 3 is 2.88 bits per heavy atom. The minimum atomic E-state index is -0.340. The second-order valence-electron chi connectivity index (χ2n) is 4.84. The van der Waals surface area contributed by atoms with Gasteiger partial charge in [-0.3, -0.25) is 0 Å². The van der Waals surface area contributed by atoms with Gasteiger partial charge in [0.15, 0.2) is 0 Å². The SMILES string of the molecule is Cc1ccc(C(O)CC2CCOC2)c(C)c1. The molecule has 1 saturated heterocycles. The summed E-state index contributed by atoms with van der Waals surface area (Å²) in [6.07, 6.45) is 1.57. The molecule has 1 heterocycles. The molecule has 0 bridgehead atoms. The number of benzene rings is 1. The number of hydrogen-bond acceptors (Lipinski definition) is 2. The van der Waals surface area contributed by atoms with Crippen LogP contribution in [0.4, 0.5) is 0 Å². The average molecular weight is 220 g/mol. The number of aryl methyl sites for hydroxylation is 2. The van der Waals surface area contributed by atoms with Crippen LogP contribution in [-0.2, 0) is 4.74 Å². The van der Waals surface area contributed by atoms with Gasteiger partial charge < -0.3 is 9.84 Å². The van der Waals surface area contributed by atoms with E-state index >= 15 is 0 Å². The molecule has 0 radical (unpaired) electrons. The predicted molar refractivity (Wildman–Crippen MR) is 64.4 cm³/mol. The van der Waals surface area contributed by atoms with Gasteiger partial charge in [0, 0.05) is 13.2 Å². The summed E-state index contributed by atoms with van der Waals surface area (Å²) in [5, 5.41) is 10.2. The topological polar surface area (TPSA) is 29.5 Å². The number of aliphatic hydroxyl groups is 1. The highest BCUT2D eigenvalue weighted by Gasteiger charge is 2.21. The maximum absolute atomic E-state index is 10.2. The van der Waals surface area contributed by atoms with E-state index in [9.17, 15) is 5.11 Å². The zero-order valence-corrected chi connectivity index (χ0v) is 10.1. The maximum atomic E-state index is 10.2. The summed E-state index contributed by atoms with van der Waals surface area (Å²) < 4.78 is 5.33. The molecule has 1 aromatic rings. The van der Waals surface area contributed by atoms with Gasteiger partial charge >= 0.3 is 0 Å². The van der Waals surface area contributed by atoms with E-state index in [-0.39, 0.29) is 6.10 Å². The summed E-state index contributed by atoms with van der Waals surface area (Å²) in [6.45, 7) is 5.80. The van der Waals surface area contributed by atoms with Gasteiger partial charge in [0.2, 0.25) is 0 Å². The first-order chi connectivity index (χ1) is 7.66. The predicted octanol–water partition coefficient (Wildman–Crippen LogP) is 2.76. The van der Waals surface area contributed by atoms with Crippen LogP contribution in [0.3, 0.4) is 0 Å². The van der Waals surface area contributed by atoms with E-state index in [4.69, 9.17) is 4.74 Å². The monoisotopic (exact) mass is 220 g/mol. The summed E-state index contributed by atoms with van der Waals surface area (Å²) >= 11 is 0. The molecule has 0 saturated carbocycles. The van der Waals surface area contributed by atoms with Crippen molar-refractivity contribution in [3.8, 4) is 0 Å². The Labute approximate surface area is 97.3 Å². The highest BCUT2D eigenvalue weighted by molar-refractivity contribution is 5.31. The minimum Gasteiger partial charge on any atom is -0.388 e. The van der Waals surface area contributed by atoms with Crippen molar-refractivity contribution in [2.45, 2.75) is 32.8 Å². The Hall–Kier alpha value is -0.860. The van der Waals surface area contributed by atoms with E-state index in [1.165, 1.54) is 11.1 Å². The Morgan fingerprint density at radius 1 is 1.44 bits per heavy atom. The molecule has 0 aromatic heterocycles. The molecule has 1 aliphatic rings. The van der Waals surface area contributed by atoms with E-state index in [0.717, 1.165) is 31.6 Å². The van der Waals surface area contributed by atoms with E-state index in [1.54, 1.807) is 0 Å². The van der Waals surface area contributed by atoms with Crippen LogP contribution >= 0.6 is 0 Å². The standard InChI is InChI=1S/C14H20O2/c1-10-3-4-13(11(2)7-10)14(15)8-12-5-6-16-9-12/h3-4,7,12,14-15H,5-6,8-9H2,1-2H3. The third-order valence-corrected chi connectivity index (χ3v) is 3.36. The number of ether oxygens (including phenoxy) is 1. The molecule has 2 rings (SSSR count). The number of rotatable bonds is 3. The lowest BCUT2D eigenvalue weighted by Crippen LogP contribution is -2.08. The first kappa shape index (κ1) is 11.6. The highest BCUT2D eigenvalue weighted by Crippen LogP contribution is 2.28. The Bertz CT molecular complexity index is 354. The molecule has 1 aromatic carbocycles. The largest absolute Gasteiger partial charge is 0.388 e. The lowest BCUT2D eigenvalue weighted by atomic mass is 9.93. The van der Waals surface area contributed by atoms with Gasteiger partial charge in [-0.1, -0.05) is 23.8 Å². The van der Waals surface area contributed by atoms with Crippen LogP contribution in [0, 0.1) is 19.8 Å². The molecule has 1 aliphatic heterocycles. The average Bonchev–Trinajstić information content (AvgIpc) is 2.70. The third kappa shape index (κ3) is 2.63. The molecule has 2 heteroatoms. The van der Waals surface area contributed by atoms with Gasteiger partial charge in [0.25, 0.3) is 0 Å². The van der Waals surface area contributed by atoms with E-state index in [1.807, 2.05) is 6.07 Å². The molecule has 2 atom stereocenters. The fourth-order valence-corrected chi connectivity index (χ4v) is 2.41. The van der Waals surface area contributed by atoms with Crippen LogP contribution in [0.2, 0.25) is 0 Å².